The number of aromatic nitrogens is 3. The molecule has 1 atom stereocenters. The van der Waals surface area contributed by atoms with Gasteiger partial charge in [-0.05, 0) is 31.5 Å². The van der Waals surface area contributed by atoms with Gasteiger partial charge < -0.3 is 4.74 Å². The van der Waals surface area contributed by atoms with Crippen molar-refractivity contribution in [3.8, 4) is 6.07 Å². The number of Topliss-reactive ketones (excluding diaryl/α,β-unsaturated/α-hetero) is 1. The van der Waals surface area contributed by atoms with E-state index < -0.39 is 24.3 Å². The van der Waals surface area contributed by atoms with E-state index in [0.717, 1.165) is 18.5 Å². The first-order valence-corrected chi connectivity index (χ1v) is 9.91. The van der Waals surface area contributed by atoms with Gasteiger partial charge in [-0.25, -0.2) is 14.8 Å². The summed E-state index contributed by atoms with van der Waals surface area (Å²) in [4.78, 5) is 45.8. The number of hydrogen-bond donors (Lipinski definition) is 0. The number of ketones is 1. The minimum atomic E-state index is -1.07. The average molecular weight is 408 g/mol. The Morgan fingerprint density at radius 1 is 1.38 bits per heavy atom. The van der Waals surface area contributed by atoms with Gasteiger partial charge in [0, 0.05) is 24.0 Å². The molecule has 0 saturated heterocycles. The van der Waals surface area contributed by atoms with Crippen LogP contribution in [-0.2, 0) is 22.5 Å². The zero-order chi connectivity index (χ0) is 20.5. The summed E-state index contributed by atoms with van der Waals surface area (Å²) in [5.41, 5.74) is 1.23. The zero-order valence-corrected chi connectivity index (χ0v) is 16.4. The lowest BCUT2D eigenvalue weighted by Gasteiger charge is -2.08. The van der Waals surface area contributed by atoms with Crippen LogP contribution in [0.2, 0.25) is 0 Å². The second kappa shape index (κ2) is 7.56. The number of rotatable bonds is 5. The van der Waals surface area contributed by atoms with Crippen molar-refractivity contribution in [3.63, 3.8) is 0 Å². The maximum Gasteiger partial charge on any atom is 0.338 e. The minimum Gasteiger partial charge on any atom is -0.454 e. The minimum absolute atomic E-state index is 0.117. The van der Waals surface area contributed by atoms with Crippen molar-refractivity contribution in [2.45, 2.75) is 32.2 Å². The van der Waals surface area contributed by atoms with E-state index in [-0.39, 0.29) is 11.1 Å². The smallest absolute Gasteiger partial charge is 0.338 e. The van der Waals surface area contributed by atoms with Crippen molar-refractivity contribution in [2.75, 3.05) is 6.61 Å². The highest BCUT2D eigenvalue weighted by molar-refractivity contribution is 7.09. The lowest BCUT2D eigenvalue weighted by Crippen LogP contribution is -2.22. The summed E-state index contributed by atoms with van der Waals surface area (Å²) in [6.07, 6.45) is 1.59. The van der Waals surface area contributed by atoms with Gasteiger partial charge in [-0.3, -0.25) is 14.2 Å². The fourth-order valence-corrected chi connectivity index (χ4v) is 4.14. The van der Waals surface area contributed by atoms with Crippen LogP contribution in [0.1, 0.15) is 39.2 Å². The molecule has 1 aliphatic heterocycles. The predicted molar refractivity (Wildman–Crippen MR) is 105 cm³/mol. The Kier molecular flexibility index (Phi) is 4.94. The number of hydrogen-bond acceptors (Lipinski definition) is 8. The quantitative estimate of drug-likeness (QED) is 0.594. The van der Waals surface area contributed by atoms with Crippen LogP contribution in [0.15, 0.2) is 28.4 Å². The Bertz CT molecular complexity index is 1240. The molecule has 0 saturated carbocycles. The number of carbonyl (C=O) groups excluding carboxylic acids is 2. The van der Waals surface area contributed by atoms with Gasteiger partial charge in [0.15, 0.2) is 18.3 Å². The zero-order valence-electron chi connectivity index (χ0n) is 15.5. The molecule has 29 heavy (non-hydrogen) atoms. The largest absolute Gasteiger partial charge is 0.454 e. The van der Waals surface area contributed by atoms with Gasteiger partial charge in [0.1, 0.15) is 10.8 Å². The van der Waals surface area contributed by atoms with Crippen molar-refractivity contribution in [1.82, 2.24) is 14.5 Å². The molecular formula is C20H16N4O4S. The molecule has 0 fully saturated rings. The third kappa shape index (κ3) is 3.54. The van der Waals surface area contributed by atoms with Crippen molar-refractivity contribution in [3.05, 3.63) is 56.0 Å². The van der Waals surface area contributed by atoms with Gasteiger partial charge in [-0.1, -0.05) is 0 Å². The first-order valence-electron chi connectivity index (χ1n) is 9.03. The Morgan fingerprint density at radius 2 is 2.21 bits per heavy atom. The molecule has 0 bridgehead atoms. The van der Waals surface area contributed by atoms with E-state index in [1.54, 1.807) is 22.9 Å². The van der Waals surface area contributed by atoms with E-state index in [4.69, 9.17) is 4.74 Å². The summed E-state index contributed by atoms with van der Waals surface area (Å²) in [6, 6.07) is 6.43. The highest BCUT2D eigenvalue weighted by atomic mass is 32.1. The van der Waals surface area contributed by atoms with Gasteiger partial charge in [0.25, 0.3) is 5.56 Å². The number of ether oxygens (including phenoxy) is 1. The molecule has 0 radical (unpaired) electrons. The van der Waals surface area contributed by atoms with Gasteiger partial charge in [0.05, 0.1) is 22.5 Å². The molecule has 1 aromatic carbocycles. The molecule has 0 N–H and O–H groups in total. The Morgan fingerprint density at radius 3 is 2.93 bits per heavy atom. The molecule has 4 rings (SSSR count). The second-order valence-electron chi connectivity index (χ2n) is 6.75. The van der Waals surface area contributed by atoms with Crippen molar-refractivity contribution in [2.24, 2.45) is 0 Å². The molecule has 9 heteroatoms. The maximum absolute atomic E-state index is 12.5. The normalized spacial score (nSPS) is 13.7. The first kappa shape index (κ1) is 19.0. The molecule has 146 valence electrons. The van der Waals surface area contributed by atoms with E-state index in [0.29, 0.717) is 28.3 Å². The number of fused-ring (bicyclic) bond motifs is 2. The standard InChI is InChI=1S/C20H16N4O4S/c1-11-10-29-18(22-11)14(8-21)16(25)9-28-20(27)12-4-5-13-15(7-12)23-17-3-2-6-24(17)19(13)26/h4-5,7,10,14H,2-3,6,9H2,1H3/t14-/m1/s1. The van der Waals surface area contributed by atoms with Crippen LogP contribution in [0.4, 0.5) is 0 Å². The highest BCUT2D eigenvalue weighted by Gasteiger charge is 2.25. The molecule has 0 amide bonds. The number of esters is 1. The topological polar surface area (TPSA) is 115 Å². The van der Waals surface area contributed by atoms with Crippen LogP contribution in [0, 0.1) is 18.3 Å². The number of aryl methyl sites for hydroxylation is 2. The molecule has 3 aromatic rings. The Hall–Kier alpha value is -3.38. The summed E-state index contributed by atoms with van der Waals surface area (Å²) in [5, 5.41) is 11.8. The van der Waals surface area contributed by atoms with E-state index in [2.05, 4.69) is 9.97 Å². The van der Waals surface area contributed by atoms with Gasteiger partial charge in [-0.15, -0.1) is 11.3 Å². The number of thiazole rings is 1. The maximum atomic E-state index is 12.5. The van der Waals surface area contributed by atoms with E-state index in [1.807, 2.05) is 6.07 Å². The van der Waals surface area contributed by atoms with Crippen molar-refractivity contribution < 1.29 is 14.3 Å². The van der Waals surface area contributed by atoms with E-state index in [9.17, 15) is 19.6 Å². The predicted octanol–water partition coefficient (Wildman–Crippen LogP) is 2.14. The molecule has 8 nitrogen and oxygen atoms in total. The van der Waals surface area contributed by atoms with Crippen LogP contribution in [0.5, 0.6) is 0 Å². The average Bonchev–Trinajstić information content (AvgIpc) is 3.35. The van der Waals surface area contributed by atoms with Gasteiger partial charge >= 0.3 is 5.97 Å². The number of nitrogens with zero attached hydrogens (tertiary/aromatic N) is 4. The molecular weight excluding hydrogens is 392 g/mol. The second-order valence-corrected chi connectivity index (χ2v) is 7.64. The molecule has 0 spiro atoms. The van der Waals surface area contributed by atoms with Crippen LogP contribution in [0.25, 0.3) is 10.9 Å². The Balaban J connectivity index is 1.50. The summed E-state index contributed by atoms with van der Waals surface area (Å²) >= 11 is 1.22. The molecule has 0 aliphatic carbocycles. The van der Waals surface area contributed by atoms with Crippen LogP contribution >= 0.6 is 11.3 Å². The van der Waals surface area contributed by atoms with E-state index in [1.165, 1.54) is 23.5 Å². The van der Waals surface area contributed by atoms with E-state index >= 15 is 0 Å². The third-order valence-electron chi connectivity index (χ3n) is 4.73. The molecule has 2 aromatic heterocycles. The molecule has 3 heterocycles. The first-order chi connectivity index (χ1) is 14.0. The van der Waals surface area contributed by atoms with Crippen molar-refractivity contribution in [1.29, 1.82) is 5.26 Å². The van der Waals surface area contributed by atoms with Crippen LogP contribution in [0.3, 0.4) is 0 Å². The molecule has 1 aliphatic rings. The summed E-state index contributed by atoms with van der Waals surface area (Å²) in [6.45, 7) is 1.89. The third-order valence-corrected chi connectivity index (χ3v) is 5.76. The summed E-state index contributed by atoms with van der Waals surface area (Å²) in [5.74, 6) is -1.61. The lowest BCUT2D eigenvalue weighted by molar-refractivity contribution is -0.122. The lowest BCUT2D eigenvalue weighted by atomic mass is 10.1. The summed E-state index contributed by atoms with van der Waals surface area (Å²) in [7, 11) is 0. The monoisotopic (exact) mass is 408 g/mol. The van der Waals surface area contributed by atoms with Gasteiger partial charge in [0.2, 0.25) is 0 Å². The highest BCUT2D eigenvalue weighted by Crippen LogP contribution is 2.21. The molecule has 0 unspecified atom stereocenters. The van der Waals surface area contributed by atoms with Crippen LogP contribution < -0.4 is 5.56 Å². The van der Waals surface area contributed by atoms with Crippen molar-refractivity contribution >= 4 is 34.0 Å². The fourth-order valence-electron chi connectivity index (χ4n) is 3.28. The number of nitriles is 1. The number of carbonyl (C=O) groups is 2. The SMILES string of the molecule is Cc1csc([C@H](C#N)C(=O)COC(=O)c2ccc3c(=O)n4c(nc3c2)CCC4)n1. The van der Waals surface area contributed by atoms with Crippen LogP contribution in [-0.4, -0.2) is 32.9 Å². The van der Waals surface area contributed by atoms with Gasteiger partial charge in [-0.2, -0.15) is 5.26 Å². The Labute approximate surface area is 169 Å². The summed E-state index contributed by atoms with van der Waals surface area (Å²) < 4.78 is 6.75. The number of benzene rings is 1. The fraction of sp³-hybridized carbons (Fsp3) is 0.300.